The minimum absolute atomic E-state index is 0.145. The molecule has 1 fully saturated rings. The fourth-order valence-corrected chi connectivity index (χ4v) is 4.67. The lowest BCUT2D eigenvalue weighted by Crippen LogP contribution is -2.31. The summed E-state index contributed by atoms with van der Waals surface area (Å²) >= 11 is 2.22. The number of aromatic nitrogens is 2. The fraction of sp³-hybridized carbons (Fsp3) is 0.471. The highest BCUT2D eigenvalue weighted by atomic mass is 32.2. The van der Waals surface area contributed by atoms with Gasteiger partial charge in [-0.3, -0.25) is 14.4 Å². The van der Waals surface area contributed by atoms with Gasteiger partial charge in [-0.25, -0.2) is 9.78 Å². The number of rotatable bonds is 6. The van der Waals surface area contributed by atoms with E-state index in [9.17, 15) is 19.2 Å². The van der Waals surface area contributed by atoms with Crippen molar-refractivity contribution in [3.63, 3.8) is 0 Å². The van der Waals surface area contributed by atoms with E-state index in [4.69, 9.17) is 9.47 Å². The quantitative estimate of drug-likeness (QED) is 0.700. The number of aryl methyl sites for hydroxylation is 1. The number of H-pyrrole nitrogens is 1. The Hall–Kier alpha value is -2.40. The molecule has 0 aromatic carbocycles. The molecule has 0 radical (unpaired) electrons. The number of thioether (sulfide) groups is 1. The van der Waals surface area contributed by atoms with Gasteiger partial charge in [0, 0.05) is 12.3 Å². The number of hydrogen-bond acceptors (Lipinski definition) is 9. The zero-order valence-corrected chi connectivity index (χ0v) is 17.2. The molecule has 0 saturated carbocycles. The third kappa shape index (κ3) is 4.04. The molecule has 0 bridgehead atoms. The Morgan fingerprint density at radius 3 is 2.75 bits per heavy atom. The van der Waals surface area contributed by atoms with Crippen LogP contribution in [0.2, 0.25) is 0 Å². The molecule has 2 aromatic rings. The van der Waals surface area contributed by atoms with Crippen LogP contribution < -0.4 is 5.56 Å². The lowest BCUT2D eigenvalue weighted by Gasteiger charge is -2.16. The van der Waals surface area contributed by atoms with E-state index in [1.807, 2.05) is 0 Å². The Bertz CT molecular complexity index is 999. The van der Waals surface area contributed by atoms with Crippen molar-refractivity contribution in [3.8, 4) is 0 Å². The van der Waals surface area contributed by atoms with Crippen LogP contribution >= 0.6 is 23.1 Å². The number of carbonyl (C=O) groups is 3. The van der Waals surface area contributed by atoms with Crippen LogP contribution in [0.25, 0.3) is 10.2 Å². The van der Waals surface area contributed by atoms with Crippen LogP contribution in [-0.2, 0) is 14.3 Å². The Morgan fingerprint density at radius 2 is 2.11 bits per heavy atom. The summed E-state index contributed by atoms with van der Waals surface area (Å²) in [6, 6.07) is 0. The summed E-state index contributed by atoms with van der Waals surface area (Å²) in [6.07, 6.45) is -0.816. The number of thiophene rings is 1. The van der Waals surface area contributed by atoms with E-state index in [-0.39, 0.29) is 24.2 Å². The molecule has 3 heterocycles. The van der Waals surface area contributed by atoms with Crippen LogP contribution in [0.3, 0.4) is 0 Å². The number of aromatic amines is 1. The summed E-state index contributed by atoms with van der Waals surface area (Å²) in [7, 11) is 0. The smallest absolute Gasteiger partial charge is 0.348 e. The van der Waals surface area contributed by atoms with Crippen LogP contribution in [0, 0.1) is 6.92 Å². The zero-order valence-electron chi connectivity index (χ0n) is 15.6. The number of amides is 1. The fourth-order valence-electron chi connectivity index (χ4n) is 2.76. The van der Waals surface area contributed by atoms with Crippen molar-refractivity contribution in [2.45, 2.75) is 26.9 Å². The van der Waals surface area contributed by atoms with Crippen molar-refractivity contribution in [1.82, 2.24) is 14.9 Å². The Balaban J connectivity index is 1.80. The minimum atomic E-state index is -0.816. The van der Waals surface area contributed by atoms with Gasteiger partial charge in [0.1, 0.15) is 16.3 Å². The maximum absolute atomic E-state index is 12.5. The molecule has 0 spiro atoms. The summed E-state index contributed by atoms with van der Waals surface area (Å²) in [5.74, 6) is -0.268. The lowest BCUT2D eigenvalue weighted by molar-refractivity contribution is -0.149. The summed E-state index contributed by atoms with van der Waals surface area (Å²) in [5.41, 5.74) is 0.0896. The van der Waals surface area contributed by atoms with Crippen LogP contribution in [0.5, 0.6) is 0 Å². The first-order valence-corrected chi connectivity index (χ1v) is 10.4. The topological polar surface area (TPSA) is 119 Å². The molecule has 1 atom stereocenters. The predicted octanol–water partition coefficient (Wildman–Crippen LogP) is 2.24. The van der Waals surface area contributed by atoms with Gasteiger partial charge in [-0.15, -0.1) is 11.3 Å². The Morgan fingerprint density at radius 1 is 1.36 bits per heavy atom. The van der Waals surface area contributed by atoms with Crippen molar-refractivity contribution < 1.29 is 23.9 Å². The second kappa shape index (κ2) is 8.31. The second-order valence-corrected chi connectivity index (χ2v) is 8.12. The van der Waals surface area contributed by atoms with Crippen molar-refractivity contribution in [1.29, 1.82) is 0 Å². The van der Waals surface area contributed by atoms with Gasteiger partial charge < -0.3 is 19.4 Å². The van der Waals surface area contributed by atoms with Crippen molar-refractivity contribution in [2.75, 3.05) is 25.4 Å². The van der Waals surface area contributed by atoms with Gasteiger partial charge in [0.05, 0.1) is 12.0 Å². The first-order valence-electron chi connectivity index (χ1n) is 8.63. The second-order valence-electron chi connectivity index (χ2n) is 6.08. The van der Waals surface area contributed by atoms with Gasteiger partial charge in [-0.05, 0) is 26.3 Å². The molecule has 2 aromatic heterocycles. The normalized spacial score (nSPS) is 15.1. The number of ether oxygens (including phenoxy) is 2. The third-order valence-corrected chi connectivity index (χ3v) is 6.20. The SMILES string of the molecule is CCOC(=O)c1sc2nc(C(C)OC(=O)CN3CCSC3=O)[nH]c(=O)c2c1C. The van der Waals surface area contributed by atoms with Crippen LogP contribution in [0.15, 0.2) is 4.79 Å². The predicted molar refractivity (Wildman–Crippen MR) is 105 cm³/mol. The lowest BCUT2D eigenvalue weighted by atomic mass is 10.2. The first-order chi connectivity index (χ1) is 13.3. The number of nitrogens with zero attached hydrogens (tertiary/aromatic N) is 2. The molecule has 28 heavy (non-hydrogen) atoms. The first kappa shape index (κ1) is 20.3. The summed E-state index contributed by atoms with van der Waals surface area (Å²) in [5, 5.41) is 0.160. The molecule has 1 unspecified atom stereocenters. The molecular formula is C17H19N3O6S2. The van der Waals surface area contributed by atoms with E-state index >= 15 is 0 Å². The molecular weight excluding hydrogens is 406 g/mol. The van der Waals surface area contributed by atoms with Gasteiger partial charge >= 0.3 is 11.9 Å². The van der Waals surface area contributed by atoms with Crippen LogP contribution in [0.4, 0.5) is 4.79 Å². The number of fused-ring (bicyclic) bond motifs is 1. The van der Waals surface area contributed by atoms with E-state index in [1.54, 1.807) is 20.8 Å². The summed E-state index contributed by atoms with van der Waals surface area (Å²) in [6.45, 7) is 5.53. The summed E-state index contributed by atoms with van der Waals surface area (Å²) in [4.78, 5) is 57.3. The largest absolute Gasteiger partial charge is 0.462 e. The molecule has 1 aliphatic heterocycles. The van der Waals surface area contributed by atoms with Gasteiger partial charge in [-0.2, -0.15) is 0 Å². The molecule has 1 saturated heterocycles. The molecule has 11 heteroatoms. The maximum atomic E-state index is 12.5. The number of nitrogens with one attached hydrogen (secondary N) is 1. The van der Waals surface area contributed by atoms with Gasteiger partial charge in [-0.1, -0.05) is 11.8 Å². The van der Waals surface area contributed by atoms with Crippen molar-refractivity contribution in [2.24, 2.45) is 0 Å². The molecule has 1 amide bonds. The molecule has 1 aliphatic rings. The average Bonchev–Trinajstić information content (AvgIpc) is 3.18. The van der Waals surface area contributed by atoms with Crippen LogP contribution in [0.1, 0.15) is 41.0 Å². The standard InChI is InChI=1S/C17H19N3O6S2/c1-4-25-16(23)12-8(2)11-14(22)18-13(19-15(11)28-12)9(3)26-10(21)7-20-5-6-27-17(20)24/h9H,4-7H2,1-3H3,(H,18,19,22). The number of hydrogen-bond donors (Lipinski definition) is 1. The van der Waals surface area contributed by atoms with Gasteiger partial charge in [0.25, 0.3) is 10.8 Å². The average molecular weight is 425 g/mol. The van der Waals surface area contributed by atoms with E-state index < -0.39 is 23.6 Å². The third-order valence-electron chi connectivity index (χ3n) is 4.14. The molecule has 3 rings (SSSR count). The van der Waals surface area contributed by atoms with E-state index in [0.29, 0.717) is 33.0 Å². The number of esters is 2. The Kier molecular flexibility index (Phi) is 6.04. The van der Waals surface area contributed by atoms with Crippen molar-refractivity contribution in [3.05, 3.63) is 26.6 Å². The van der Waals surface area contributed by atoms with Gasteiger partial charge in [0.2, 0.25) is 0 Å². The molecule has 1 N–H and O–H groups in total. The highest BCUT2D eigenvalue weighted by Gasteiger charge is 2.26. The molecule has 150 valence electrons. The van der Waals surface area contributed by atoms with E-state index in [1.165, 1.54) is 4.90 Å². The minimum Gasteiger partial charge on any atom is -0.462 e. The maximum Gasteiger partial charge on any atom is 0.348 e. The molecule has 0 aliphatic carbocycles. The Labute approximate surface area is 168 Å². The number of carbonyl (C=O) groups excluding carboxylic acids is 3. The zero-order chi connectivity index (χ0) is 20.4. The molecule has 9 nitrogen and oxygen atoms in total. The summed E-state index contributed by atoms with van der Waals surface area (Å²) < 4.78 is 10.3. The van der Waals surface area contributed by atoms with Crippen molar-refractivity contribution >= 4 is 50.5 Å². The van der Waals surface area contributed by atoms with Crippen LogP contribution in [-0.4, -0.2) is 57.5 Å². The highest BCUT2D eigenvalue weighted by Crippen LogP contribution is 2.28. The van der Waals surface area contributed by atoms with E-state index in [0.717, 1.165) is 23.1 Å². The van der Waals surface area contributed by atoms with Gasteiger partial charge in [0.15, 0.2) is 11.9 Å². The highest BCUT2D eigenvalue weighted by molar-refractivity contribution is 8.13. The monoisotopic (exact) mass is 425 g/mol. The van der Waals surface area contributed by atoms with E-state index in [2.05, 4.69) is 9.97 Å².